The zero-order chi connectivity index (χ0) is 17.1. The Labute approximate surface area is 139 Å². The number of allylic oxidation sites excluding steroid dienone is 2. The van der Waals surface area contributed by atoms with Crippen LogP contribution in [0, 0.1) is 5.82 Å². The van der Waals surface area contributed by atoms with Crippen molar-refractivity contribution in [3.05, 3.63) is 59.2 Å². The molecular formula is C19H18FNO3. The molecule has 0 fully saturated rings. The molecule has 0 atom stereocenters. The number of hydrogen-bond donors (Lipinski definition) is 1. The number of carbonyl (C=O) groups is 1. The number of nitrogens with zero attached hydrogens (tertiary/aromatic N) is 1. The maximum absolute atomic E-state index is 13.8. The predicted octanol–water partition coefficient (Wildman–Crippen LogP) is 4.41. The van der Waals surface area contributed by atoms with Crippen LogP contribution in [0.1, 0.15) is 47.4 Å². The quantitative estimate of drug-likeness (QED) is 0.903. The molecular weight excluding hydrogens is 309 g/mol. The van der Waals surface area contributed by atoms with Crippen molar-refractivity contribution in [1.29, 1.82) is 0 Å². The molecule has 0 unspecified atom stereocenters. The Kier molecular flexibility index (Phi) is 4.60. The fraction of sp³-hybridized carbons (Fsp3) is 0.263. The summed E-state index contributed by atoms with van der Waals surface area (Å²) in [6.07, 6.45) is 3.56. The van der Waals surface area contributed by atoms with Crippen LogP contribution in [0.2, 0.25) is 0 Å². The second-order valence-corrected chi connectivity index (χ2v) is 5.72. The summed E-state index contributed by atoms with van der Waals surface area (Å²) in [6, 6.07) is 9.42. The topological polar surface area (TPSA) is 59.4 Å². The van der Waals surface area contributed by atoms with Crippen molar-refractivity contribution in [1.82, 2.24) is 4.98 Å². The van der Waals surface area contributed by atoms with Crippen LogP contribution in [0.3, 0.4) is 0 Å². The molecule has 24 heavy (non-hydrogen) atoms. The van der Waals surface area contributed by atoms with E-state index in [0.29, 0.717) is 11.4 Å². The first-order valence-electron chi connectivity index (χ1n) is 7.87. The summed E-state index contributed by atoms with van der Waals surface area (Å²) < 4.78 is 19.2. The summed E-state index contributed by atoms with van der Waals surface area (Å²) in [6.45, 7) is 0. The summed E-state index contributed by atoms with van der Waals surface area (Å²) >= 11 is 0. The van der Waals surface area contributed by atoms with Gasteiger partial charge in [0.15, 0.2) is 0 Å². The van der Waals surface area contributed by atoms with E-state index in [-0.39, 0.29) is 11.5 Å². The Bertz CT molecular complexity index is 814. The average Bonchev–Trinajstić information content (AvgIpc) is 2.61. The van der Waals surface area contributed by atoms with Gasteiger partial charge in [-0.05, 0) is 67.2 Å². The lowest BCUT2D eigenvalue weighted by atomic mass is 9.85. The van der Waals surface area contributed by atoms with E-state index < -0.39 is 5.97 Å². The first kappa shape index (κ1) is 16.2. The Morgan fingerprint density at radius 2 is 1.92 bits per heavy atom. The van der Waals surface area contributed by atoms with Crippen molar-refractivity contribution in [2.24, 2.45) is 0 Å². The number of pyridine rings is 1. The number of rotatable bonds is 4. The van der Waals surface area contributed by atoms with Crippen molar-refractivity contribution in [2.75, 3.05) is 7.11 Å². The number of carboxylic acid groups (broad SMARTS) is 1. The molecule has 124 valence electrons. The molecule has 0 amide bonds. The number of aromatic carboxylic acids is 1. The molecule has 1 aromatic heterocycles. The van der Waals surface area contributed by atoms with Gasteiger partial charge < -0.3 is 9.84 Å². The maximum Gasteiger partial charge on any atom is 0.354 e. The molecule has 1 N–H and O–H groups in total. The lowest BCUT2D eigenvalue weighted by molar-refractivity contribution is 0.0690. The zero-order valence-electron chi connectivity index (χ0n) is 13.4. The molecule has 0 radical (unpaired) electrons. The van der Waals surface area contributed by atoms with E-state index in [1.807, 2.05) is 0 Å². The van der Waals surface area contributed by atoms with Crippen molar-refractivity contribution < 1.29 is 19.0 Å². The van der Waals surface area contributed by atoms with Crippen LogP contribution in [0.25, 0.3) is 11.1 Å². The van der Waals surface area contributed by atoms with Gasteiger partial charge in [0.2, 0.25) is 0 Å². The second kappa shape index (κ2) is 6.83. The predicted molar refractivity (Wildman–Crippen MR) is 89.4 cm³/mol. The lowest BCUT2D eigenvalue weighted by Gasteiger charge is -2.22. The molecule has 1 aliphatic rings. The number of carboxylic acids is 1. The second-order valence-electron chi connectivity index (χ2n) is 5.72. The third kappa shape index (κ3) is 3.15. The first-order chi connectivity index (χ1) is 11.6. The maximum atomic E-state index is 13.8. The highest BCUT2D eigenvalue weighted by molar-refractivity contribution is 5.93. The van der Waals surface area contributed by atoms with E-state index in [2.05, 4.69) is 4.98 Å². The summed E-state index contributed by atoms with van der Waals surface area (Å²) in [5, 5.41) is 9.16. The smallest absolute Gasteiger partial charge is 0.354 e. The number of hydrogen-bond acceptors (Lipinski definition) is 3. The molecule has 0 saturated heterocycles. The Hall–Kier alpha value is -2.69. The van der Waals surface area contributed by atoms with Crippen molar-refractivity contribution in [3.8, 4) is 5.75 Å². The standard InChI is InChI=1S/C19H18FNO3/c1-24-18-10-9-12(20)11-15(18)13-5-2-3-6-14(13)16-7-4-8-17(21-16)19(22)23/h4,7-11H,2-3,5-6H2,1H3,(H,22,23). The fourth-order valence-electron chi connectivity index (χ4n) is 3.12. The average molecular weight is 327 g/mol. The van der Waals surface area contributed by atoms with Gasteiger partial charge >= 0.3 is 5.97 Å². The molecule has 0 aliphatic heterocycles. The van der Waals surface area contributed by atoms with Gasteiger partial charge in [0.05, 0.1) is 12.8 Å². The Morgan fingerprint density at radius 1 is 1.17 bits per heavy atom. The van der Waals surface area contributed by atoms with Crippen LogP contribution in [-0.4, -0.2) is 23.2 Å². The highest BCUT2D eigenvalue weighted by Crippen LogP contribution is 2.40. The summed E-state index contributed by atoms with van der Waals surface area (Å²) in [5.41, 5.74) is 3.31. The third-order valence-corrected chi connectivity index (χ3v) is 4.23. The molecule has 0 bridgehead atoms. The third-order valence-electron chi connectivity index (χ3n) is 4.23. The molecule has 3 rings (SSSR count). The van der Waals surface area contributed by atoms with E-state index >= 15 is 0 Å². The molecule has 2 aromatic rings. The van der Waals surface area contributed by atoms with Crippen molar-refractivity contribution >= 4 is 17.1 Å². The van der Waals surface area contributed by atoms with Gasteiger partial charge in [-0.15, -0.1) is 0 Å². The largest absolute Gasteiger partial charge is 0.496 e. The molecule has 5 heteroatoms. The van der Waals surface area contributed by atoms with Crippen LogP contribution >= 0.6 is 0 Å². The SMILES string of the molecule is COc1ccc(F)cc1C1=C(c2cccc(C(=O)O)n2)CCCC1. The Balaban J connectivity index is 2.17. The van der Waals surface area contributed by atoms with Crippen molar-refractivity contribution in [2.45, 2.75) is 25.7 Å². The molecule has 1 aromatic carbocycles. The normalized spacial score (nSPS) is 14.6. The van der Waals surface area contributed by atoms with Gasteiger partial charge in [0.1, 0.15) is 17.3 Å². The molecule has 0 saturated carbocycles. The molecule has 0 spiro atoms. The van der Waals surface area contributed by atoms with Gasteiger partial charge in [0.25, 0.3) is 0 Å². The molecule has 1 heterocycles. The Morgan fingerprint density at radius 3 is 2.62 bits per heavy atom. The zero-order valence-corrected chi connectivity index (χ0v) is 13.4. The lowest BCUT2D eigenvalue weighted by Crippen LogP contribution is -2.06. The molecule has 4 nitrogen and oxygen atoms in total. The van der Waals surface area contributed by atoms with E-state index in [9.17, 15) is 9.18 Å². The minimum absolute atomic E-state index is 0.0103. The molecule has 1 aliphatic carbocycles. The minimum Gasteiger partial charge on any atom is -0.496 e. The summed E-state index contributed by atoms with van der Waals surface area (Å²) in [4.78, 5) is 15.4. The van der Waals surface area contributed by atoms with Crippen LogP contribution < -0.4 is 4.74 Å². The number of halogens is 1. The van der Waals surface area contributed by atoms with Gasteiger partial charge in [0, 0.05) is 5.56 Å². The van der Waals surface area contributed by atoms with E-state index in [0.717, 1.165) is 42.4 Å². The summed E-state index contributed by atoms with van der Waals surface area (Å²) in [5.74, 6) is -0.770. The number of benzene rings is 1. The van der Waals surface area contributed by atoms with Crippen LogP contribution in [-0.2, 0) is 0 Å². The van der Waals surface area contributed by atoms with E-state index in [1.54, 1.807) is 25.3 Å². The van der Waals surface area contributed by atoms with E-state index in [4.69, 9.17) is 9.84 Å². The van der Waals surface area contributed by atoms with Gasteiger partial charge in [-0.3, -0.25) is 0 Å². The van der Waals surface area contributed by atoms with E-state index in [1.165, 1.54) is 18.2 Å². The van der Waals surface area contributed by atoms with Crippen LogP contribution in [0.5, 0.6) is 5.75 Å². The number of methoxy groups -OCH3 is 1. The minimum atomic E-state index is -1.06. The van der Waals surface area contributed by atoms with Gasteiger partial charge in [-0.1, -0.05) is 6.07 Å². The first-order valence-corrected chi connectivity index (χ1v) is 7.87. The van der Waals surface area contributed by atoms with Crippen LogP contribution in [0.15, 0.2) is 36.4 Å². The van der Waals surface area contributed by atoms with Gasteiger partial charge in [-0.2, -0.15) is 0 Å². The monoisotopic (exact) mass is 327 g/mol. The van der Waals surface area contributed by atoms with Gasteiger partial charge in [-0.25, -0.2) is 14.2 Å². The van der Waals surface area contributed by atoms with Crippen LogP contribution in [0.4, 0.5) is 4.39 Å². The van der Waals surface area contributed by atoms with Crippen molar-refractivity contribution in [3.63, 3.8) is 0 Å². The fourth-order valence-corrected chi connectivity index (χ4v) is 3.12. The highest BCUT2D eigenvalue weighted by atomic mass is 19.1. The highest BCUT2D eigenvalue weighted by Gasteiger charge is 2.21. The number of ether oxygens (including phenoxy) is 1. The number of aromatic nitrogens is 1. The summed E-state index contributed by atoms with van der Waals surface area (Å²) in [7, 11) is 1.56.